The number of carbonyl (C=O) groups is 2. The number of benzene rings is 1. The summed E-state index contributed by atoms with van der Waals surface area (Å²) in [6.45, 7) is 2.51. The second-order valence-electron chi connectivity index (χ2n) is 4.56. The quantitative estimate of drug-likeness (QED) is 0.941. The predicted octanol–water partition coefficient (Wildman–Crippen LogP) is 3.03. The molecule has 4 nitrogen and oxygen atoms in total. The maximum atomic E-state index is 12.2. The van der Waals surface area contributed by atoms with Gasteiger partial charge in [-0.25, -0.2) is 4.79 Å². The van der Waals surface area contributed by atoms with Gasteiger partial charge in [0, 0.05) is 13.6 Å². The zero-order valence-corrected chi connectivity index (χ0v) is 12.1. The monoisotopic (exact) mass is 289 g/mol. The van der Waals surface area contributed by atoms with Crippen molar-refractivity contribution in [2.45, 2.75) is 13.5 Å². The lowest BCUT2D eigenvalue weighted by molar-refractivity contribution is 0.0701. The number of aromatic carboxylic acids is 1. The molecule has 0 aliphatic heterocycles. The normalized spacial score (nSPS) is 10.3. The van der Waals surface area contributed by atoms with E-state index in [1.807, 2.05) is 31.2 Å². The molecule has 20 heavy (non-hydrogen) atoms. The van der Waals surface area contributed by atoms with E-state index in [0.29, 0.717) is 11.4 Å². The van der Waals surface area contributed by atoms with Gasteiger partial charge in [0.05, 0.1) is 4.88 Å². The van der Waals surface area contributed by atoms with Gasteiger partial charge in [0.15, 0.2) is 0 Å². The molecule has 1 aromatic heterocycles. The van der Waals surface area contributed by atoms with E-state index in [1.54, 1.807) is 18.0 Å². The van der Waals surface area contributed by atoms with Crippen LogP contribution in [-0.2, 0) is 6.54 Å². The van der Waals surface area contributed by atoms with Crippen LogP contribution in [-0.4, -0.2) is 28.9 Å². The van der Waals surface area contributed by atoms with Crippen molar-refractivity contribution in [2.24, 2.45) is 0 Å². The van der Waals surface area contributed by atoms with E-state index >= 15 is 0 Å². The Bertz CT molecular complexity index is 648. The fourth-order valence-corrected chi connectivity index (χ4v) is 2.71. The molecular formula is C15H15NO3S. The highest BCUT2D eigenvalue weighted by Gasteiger charge is 2.17. The number of rotatable bonds is 4. The van der Waals surface area contributed by atoms with E-state index in [1.165, 1.54) is 6.07 Å². The van der Waals surface area contributed by atoms with Gasteiger partial charge in [-0.3, -0.25) is 4.79 Å². The molecule has 1 amide bonds. The number of carboxylic acid groups (broad SMARTS) is 1. The highest BCUT2D eigenvalue weighted by atomic mass is 32.1. The highest BCUT2D eigenvalue weighted by molar-refractivity contribution is 7.15. The van der Waals surface area contributed by atoms with Gasteiger partial charge >= 0.3 is 5.97 Å². The molecule has 2 aromatic rings. The molecule has 0 bridgehead atoms. The number of hydrogen-bond donors (Lipinski definition) is 1. The molecule has 0 spiro atoms. The molecule has 0 saturated carbocycles. The minimum Gasteiger partial charge on any atom is -0.477 e. The Morgan fingerprint density at radius 3 is 2.40 bits per heavy atom. The van der Waals surface area contributed by atoms with E-state index in [4.69, 9.17) is 5.11 Å². The number of amides is 1. The van der Waals surface area contributed by atoms with Crippen LogP contribution in [0.1, 0.15) is 30.5 Å². The fraction of sp³-hybridized carbons (Fsp3) is 0.200. The minimum atomic E-state index is -1.00. The number of hydrogen-bond acceptors (Lipinski definition) is 3. The fourth-order valence-electron chi connectivity index (χ4n) is 1.87. The van der Waals surface area contributed by atoms with Gasteiger partial charge in [-0.05, 0) is 30.2 Å². The van der Waals surface area contributed by atoms with Crippen LogP contribution in [0.25, 0.3) is 0 Å². The molecule has 0 aliphatic carbocycles. The van der Waals surface area contributed by atoms with Crippen LogP contribution in [0.3, 0.4) is 0 Å². The van der Waals surface area contributed by atoms with Crippen LogP contribution in [0.2, 0.25) is 0 Å². The summed E-state index contributed by atoms with van der Waals surface area (Å²) in [4.78, 5) is 25.3. The smallest absolute Gasteiger partial charge is 0.345 e. The Hall–Kier alpha value is -2.14. The van der Waals surface area contributed by atoms with Crippen LogP contribution in [0, 0.1) is 6.92 Å². The zero-order valence-electron chi connectivity index (χ0n) is 11.3. The topological polar surface area (TPSA) is 57.6 Å². The summed E-state index contributed by atoms with van der Waals surface area (Å²) in [5.74, 6) is -1.17. The molecule has 0 unspecified atom stereocenters. The second kappa shape index (κ2) is 5.88. The van der Waals surface area contributed by atoms with Gasteiger partial charge in [-0.15, -0.1) is 11.3 Å². The van der Waals surface area contributed by atoms with Gasteiger partial charge < -0.3 is 10.0 Å². The molecule has 0 radical (unpaired) electrons. The summed E-state index contributed by atoms with van der Waals surface area (Å²) in [6, 6.07) is 10.9. The summed E-state index contributed by atoms with van der Waals surface area (Å²) < 4.78 is 0. The third-order valence-electron chi connectivity index (χ3n) is 3.04. The largest absolute Gasteiger partial charge is 0.477 e. The van der Waals surface area contributed by atoms with Crippen molar-refractivity contribution in [1.29, 1.82) is 0 Å². The summed E-state index contributed by atoms with van der Waals surface area (Å²) in [5.41, 5.74) is 2.21. The standard InChI is InChI=1S/C15H15NO3S/c1-10-5-3-4-6-11(10)9-16(2)14(17)12-7-8-13(20-12)15(18)19/h3-8H,9H2,1-2H3,(H,18,19). The molecule has 5 heteroatoms. The maximum absolute atomic E-state index is 12.2. The van der Waals surface area contributed by atoms with Crippen molar-refractivity contribution >= 4 is 23.2 Å². The van der Waals surface area contributed by atoms with E-state index in [-0.39, 0.29) is 10.8 Å². The lowest BCUT2D eigenvalue weighted by Crippen LogP contribution is -2.25. The first-order chi connectivity index (χ1) is 9.49. The van der Waals surface area contributed by atoms with E-state index < -0.39 is 5.97 Å². The lowest BCUT2D eigenvalue weighted by Gasteiger charge is -2.17. The first kappa shape index (κ1) is 14.3. The van der Waals surface area contributed by atoms with Crippen molar-refractivity contribution in [3.05, 3.63) is 57.3 Å². The highest BCUT2D eigenvalue weighted by Crippen LogP contribution is 2.19. The summed E-state index contributed by atoms with van der Waals surface area (Å²) in [5, 5.41) is 8.88. The van der Waals surface area contributed by atoms with E-state index in [9.17, 15) is 9.59 Å². The SMILES string of the molecule is Cc1ccccc1CN(C)C(=O)c1ccc(C(=O)O)s1. The predicted molar refractivity (Wildman–Crippen MR) is 78.3 cm³/mol. The van der Waals surface area contributed by atoms with E-state index in [2.05, 4.69) is 0 Å². The molecule has 1 N–H and O–H groups in total. The number of carboxylic acids is 1. The van der Waals surface area contributed by atoms with Gasteiger partial charge in [0.1, 0.15) is 4.88 Å². The first-order valence-corrected chi connectivity index (χ1v) is 6.94. The minimum absolute atomic E-state index is 0.161. The number of aryl methyl sites for hydroxylation is 1. The van der Waals surface area contributed by atoms with Crippen LogP contribution < -0.4 is 0 Å². The molecule has 1 aromatic carbocycles. The molecule has 104 valence electrons. The summed E-state index contributed by atoms with van der Waals surface area (Å²) in [7, 11) is 1.72. The second-order valence-corrected chi connectivity index (χ2v) is 5.64. The Kier molecular flexibility index (Phi) is 4.20. The Balaban J connectivity index is 2.12. The lowest BCUT2D eigenvalue weighted by atomic mass is 10.1. The van der Waals surface area contributed by atoms with Crippen molar-refractivity contribution in [2.75, 3.05) is 7.05 Å². The summed E-state index contributed by atoms with van der Waals surface area (Å²) >= 11 is 1.00. The van der Waals surface area contributed by atoms with Gasteiger partial charge in [0.2, 0.25) is 0 Å². The molecule has 0 saturated heterocycles. The number of carbonyl (C=O) groups excluding carboxylic acids is 1. The zero-order chi connectivity index (χ0) is 14.7. The molecule has 1 heterocycles. The third-order valence-corrected chi connectivity index (χ3v) is 4.10. The van der Waals surface area contributed by atoms with Crippen LogP contribution in [0.15, 0.2) is 36.4 Å². The maximum Gasteiger partial charge on any atom is 0.345 e. The molecular weight excluding hydrogens is 274 g/mol. The summed E-state index contributed by atoms with van der Waals surface area (Å²) in [6.07, 6.45) is 0. The Morgan fingerprint density at radius 2 is 1.80 bits per heavy atom. The number of nitrogens with zero attached hydrogens (tertiary/aromatic N) is 1. The third kappa shape index (κ3) is 3.05. The average Bonchev–Trinajstić information content (AvgIpc) is 2.90. The van der Waals surface area contributed by atoms with Crippen molar-refractivity contribution in [1.82, 2.24) is 4.90 Å². The Morgan fingerprint density at radius 1 is 1.15 bits per heavy atom. The van der Waals surface area contributed by atoms with Crippen molar-refractivity contribution < 1.29 is 14.7 Å². The first-order valence-electron chi connectivity index (χ1n) is 6.12. The number of thiophene rings is 1. The van der Waals surface area contributed by atoms with Gasteiger partial charge in [0.25, 0.3) is 5.91 Å². The van der Waals surface area contributed by atoms with Crippen LogP contribution in [0.4, 0.5) is 0 Å². The van der Waals surface area contributed by atoms with Crippen LogP contribution in [0.5, 0.6) is 0 Å². The van der Waals surface area contributed by atoms with Gasteiger partial charge in [-0.2, -0.15) is 0 Å². The van der Waals surface area contributed by atoms with Crippen LogP contribution >= 0.6 is 11.3 Å². The van der Waals surface area contributed by atoms with Crippen molar-refractivity contribution in [3.8, 4) is 0 Å². The molecule has 0 fully saturated rings. The van der Waals surface area contributed by atoms with Crippen molar-refractivity contribution in [3.63, 3.8) is 0 Å². The molecule has 0 aliphatic rings. The van der Waals surface area contributed by atoms with E-state index in [0.717, 1.165) is 22.5 Å². The molecule has 0 atom stereocenters. The average molecular weight is 289 g/mol. The van der Waals surface area contributed by atoms with Gasteiger partial charge in [-0.1, -0.05) is 24.3 Å². The Labute approximate surface area is 121 Å². The molecule has 2 rings (SSSR count).